The van der Waals surface area contributed by atoms with Crippen LogP contribution in [0.25, 0.3) is 0 Å². The molecule has 110 valence electrons. The van der Waals surface area contributed by atoms with Gasteiger partial charge in [-0.15, -0.1) is 0 Å². The first-order chi connectivity index (χ1) is 10.8. The summed E-state index contributed by atoms with van der Waals surface area (Å²) in [5, 5.41) is 7.88. The van der Waals surface area contributed by atoms with Gasteiger partial charge in [0.2, 0.25) is 5.95 Å². The number of nitrogens with zero attached hydrogens (tertiary/aromatic N) is 3. The van der Waals surface area contributed by atoms with Crippen molar-refractivity contribution in [3.8, 4) is 0 Å². The van der Waals surface area contributed by atoms with Crippen molar-refractivity contribution in [2.45, 2.75) is 18.5 Å². The molecule has 0 saturated heterocycles. The van der Waals surface area contributed by atoms with Gasteiger partial charge in [-0.1, -0.05) is 58.4 Å². The van der Waals surface area contributed by atoms with Crippen molar-refractivity contribution >= 4 is 21.9 Å². The quantitative estimate of drug-likeness (QED) is 0.750. The third kappa shape index (κ3) is 2.41. The Balaban J connectivity index is 1.72. The number of rotatable bonds is 2. The highest BCUT2D eigenvalue weighted by molar-refractivity contribution is 9.10. The molecule has 0 aliphatic carbocycles. The average molecular weight is 355 g/mol. The van der Waals surface area contributed by atoms with Crippen molar-refractivity contribution in [2.24, 2.45) is 0 Å². The van der Waals surface area contributed by atoms with Gasteiger partial charge >= 0.3 is 0 Å². The highest BCUT2D eigenvalue weighted by Gasteiger charge is 2.29. The van der Waals surface area contributed by atoms with Crippen molar-refractivity contribution in [1.82, 2.24) is 14.8 Å². The van der Waals surface area contributed by atoms with Gasteiger partial charge in [0.1, 0.15) is 6.33 Å². The lowest BCUT2D eigenvalue weighted by Gasteiger charge is -2.31. The molecule has 0 saturated carbocycles. The van der Waals surface area contributed by atoms with E-state index in [2.05, 4.69) is 79.9 Å². The van der Waals surface area contributed by atoms with E-state index in [1.807, 2.05) is 10.7 Å². The molecular weight excluding hydrogens is 340 g/mol. The zero-order valence-electron chi connectivity index (χ0n) is 11.9. The second kappa shape index (κ2) is 5.57. The topological polar surface area (TPSA) is 42.7 Å². The van der Waals surface area contributed by atoms with E-state index in [1.165, 1.54) is 11.1 Å². The number of halogens is 1. The molecule has 4 rings (SSSR count). The maximum atomic E-state index is 4.39. The van der Waals surface area contributed by atoms with Gasteiger partial charge in [-0.25, -0.2) is 4.68 Å². The van der Waals surface area contributed by atoms with Gasteiger partial charge in [0.25, 0.3) is 0 Å². The minimum atomic E-state index is 0.202. The number of fused-ring (bicyclic) bond motifs is 1. The van der Waals surface area contributed by atoms with Crippen molar-refractivity contribution in [2.75, 3.05) is 5.32 Å². The fourth-order valence-corrected chi connectivity index (χ4v) is 3.25. The van der Waals surface area contributed by atoms with Gasteiger partial charge in [-0.05, 0) is 29.7 Å². The second-order valence-corrected chi connectivity index (χ2v) is 6.35. The molecule has 1 aliphatic heterocycles. The Morgan fingerprint density at radius 1 is 1.00 bits per heavy atom. The maximum absolute atomic E-state index is 4.39. The lowest BCUT2D eigenvalue weighted by Crippen LogP contribution is -2.28. The van der Waals surface area contributed by atoms with Crippen molar-refractivity contribution in [3.63, 3.8) is 0 Å². The minimum Gasteiger partial charge on any atom is -0.348 e. The normalized spacial score (nSPS) is 20.2. The average Bonchev–Trinajstić information content (AvgIpc) is 3.04. The van der Waals surface area contributed by atoms with E-state index in [1.54, 1.807) is 6.33 Å². The summed E-state index contributed by atoms with van der Waals surface area (Å²) in [4.78, 5) is 4.36. The van der Waals surface area contributed by atoms with Gasteiger partial charge in [-0.2, -0.15) is 10.1 Å². The number of benzene rings is 2. The van der Waals surface area contributed by atoms with E-state index in [-0.39, 0.29) is 12.1 Å². The SMILES string of the molecule is Brc1ccc([C@H]2C[C@H](c3ccccc3)n3ncnc3N2)cc1. The van der Waals surface area contributed by atoms with Crippen molar-refractivity contribution < 1.29 is 0 Å². The molecule has 0 bridgehead atoms. The van der Waals surface area contributed by atoms with Crippen LogP contribution in [0.15, 0.2) is 65.4 Å². The minimum absolute atomic E-state index is 0.202. The van der Waals surface area contributed by atoms with E-state index >= 15 is 0 Å². The van der Waals surface area contributed by atoms with E-state index in [4.69, 9.17) is 0 Å². The monoisotopic (exact) mass is 354 g/mol. The Morgan fingerprint density at radius 2 is 1.77 bits per heavy atom. The predicted molar refractivity (Wildman–Crippen MR) is 89.7 cm³/mol. The maximum Gasteiger partial charge on any atom is 0.222 e. The van der Waals surface area contributed by atoms with Crippen molar-refractivity contribution in [3.05, 3.63) is 76.5 Å². The van der Waals surface area contributed by atoms with E-state index < -0.39 is 0 Å². The third-order valence-electron chi connectivity index (χ3n) is 4.09. The Kier molecular flexibility index (Phi) is 3.42. The first-order valence-corrected chi connectivity index (χ1v) is 8.07. The molecule has 2 atom stereocenters. The van der Waals surface area contributed by atoms with Crippen LogP contribution in [0.3, 0.4) is 0 Å². The standard InChI is InChI=1S/C17H15BrN4/c18-14-8-6-12(7-9-14)15-10-16(13-4-2-1-3-5-13)22-17(21-15)19-11-20-22/h1-9,11,15-16H,10H2,(H,19,20,21)/t15-,16-/m1/s1. The largest absolute Gasteiger partial charge is 0.348 e. The molecule has 3 aromatic rings. The van der Waals surface area contributed by atoms with Crippen LogP contribution in [0, 0.1) is 0 Å². The molecule has 0 fully saturated rings. The molecule has 4 nitrogen and oxygen atoms in total. The lowest BCUT2D eigenvalue weighted by atomic mass is 9.93. The van der Waals surface area contributed by atoms with Gasteiger partial charge < -0.3 is 5.32 Å². The molecule has 1 aliphatic rings. The molecule has 2 heterocycles. The molecule has 5 heteroatoms. The molecule has 22 heavy (non-hydrogen) atoms. The van der Waals surface area contributed by atoms with Crippen LogP contribution in [-0.2, 0) is 0 Å². The fraction of sp³-hybridized carbons (Fsp3) is 0.176. The number of hydrogen-bond acceptors (Lipinski definition) is 3. The number of nitrogens with one attached hydrogen (secondary N) is 1. The van der Waals surface area contributed by atoms with Crippen LogP contribution in [0.1, 0.15) is 29.6 Å². The molecule has 0 amide bonds. The Hall–Kier alpha value is -2.14. The van der Waals surface area contributed by atoms with Crippen LogP contribution < -0.4 is 5.32 Å². The Bertz CT molecular complexity index is 767. The Labute approximate surface area is 137 Å². The van der Waals surface area contributed by atoms with E-state index in [0.29, 0.717) is 0 Å². The number of hydrogen-bond donors (Lipinski definition) is 1. The lowest BCUT2D eigenvalue weighted by molar-refractivity contribution is 0.431. The molecule has 2 aromatic carbocycles. The molecule has 0 unspecified atom stereocenters. The van der Waals surface area contributed by atoms with Gasteiger partial charge in [0.05, 0.1) is 12.1 Å². The van der Waals surface area contributed by atoms with Crippen LogP contribution in [-0.4, -0.2) is 14.8 Å². The molecular formula is C17H15BrN4. The summed E-state index contributed by atoms with van der Waals surface area (Å²) in [6, 6.07) is 19.4. The highest BCUT2D eigenvalue weighted by Crippen LogP contribution is 2.37. The summed E-state index contributed by atoms with van der Waals surface area (Å²) in [7, 11) is 0. The smallest absolute Gasteiger partial charge is 0.222 e. The van der Waals surface area contributed by atoms with E-state index in [9.17, 15) is 0 Å². The molecule has 0 spiro atoms. The molecule has 1 aromatic heterocycles. The zero-order valence-corrected chi connectivity index (χ0v) is 13.4. The summed E-state index contributed by atoms with van der Waals surface area (Å²) >= 11 is 3.49. The predicted octanol–water partition coefficient (Wildman–Crippen LogP) is 4.19. The molecule has 0 radical (unpaired) electrons. The number of anilines is 1. The van der Waals surface area contributed by atoms with Crippen molar-refractivity contribution in [1.29, 1.82) is 0 Å². The third-order valence-corrected chi connectivity index (χ3v) is 4.62. The van der Waals surface area contributed by atoms with Crippen LogP contribution in [0.4, 0.5) is 5.95 Å². The summed E-state index contributed by atoms with van der Waals surface area (Å²) in [6.45, 7) is 0. The fourth-order valence-electron chi connectivity index (χ4n) is 2.99. The summed E-state index contributed by atoms with van der Waals surface area (Å²) in [5.74, 6) is 0.827. The summed E-state index contributed by atoms with van der Waals surface area (Å²) < 4.78 is 3.07. The van der Waals surface area contributed by atoms with Crippen LogP contribution in [0.2, 0.25) is 0 Å². The molecule has 1 N–H and O–H groups in total. The zero-order chi connectivity index (χ0) is 14.9. The summed E-state index contributed by atoms with van der Waals surface area (Å²) in [5.41, 5.74) is 2.52. The highest BCUT2D eigenvalue weighted by atomic mass is 79.9. The van der Waals surface area contributed by atoms with Crippen LogP contribution in [0.5, 0.6) is 0 Å². The van der Waals surface area contributed by atoms with E-state index in [0.717, 1.165) is 16.8 Å². The van der Waals surface area contributed by atoms with Gasteiger partial charge in [-0.3, -0.25) is 0 Å². The second-order valence-electron chi connectivity index (χ2n) is 5.44. The summed E-state index contributed by atoms with van der Waals surface area (Å²) in [6.07, 6.45) is 2.56. The number of aromatic nitrogens is 3. The first-order valence-electron chi connectivity index (χ1n) is 7.28. The first kappa shape index (κ1) is 13.5. The van der Waals surface area contributed by atoms with Gasteiger partial charge in [0.15, 0.2) is 0 Å². The van der Waals surface area contributed by atoms with Gasteiger partial charge in [0, 0.05) is 4.47 Å². The van der Waals surface area contributed by atoms with Crippen LogP contribution >= 0.6 is 15.9 Å². The Morgan fingerprint density at radius 3 is 2.55 bits per heavy atom.